The van der Waals surface area contributed by atoms with Crippen molar-refractivity contribution in [1.29, 1.82) is 0 Å². The first-order valence-corrected chi connectivity index (χ1v) is 23.0. The number of benzene rings is 7. The molecule has 0 radical (unpaired) electrons. The Morgan fingerprint density at radius 1 is 0.295 bits per heavy atom. The summed E-state index contributed by atoms with van der Waals surface area (Å²) in [4.78, 5) is 20.4. The van der Waals surface area contributed by atoms with Crippen LogP contribution in [0.3, 0.4) is 0 Å². The van der Waals surface area contributed by atoms with Crippen LogP contribution in [-0.2, 0) is 0 Å². The minimum atomic E-state index is 0.0313. The number of para-hydroxylation sites is 6. The van der Waals surface area contributed by atoms with Crippen molar-refractivity contribution in [3.63, 3.8) is 0 Å². The third-order valence-corrected chi connectivity index (χ3v) is 18.3. The summed E-state index contributed by atoms with van der Waals surface area (Å²) in [6, 6.07) is 46.7. The molecule has 10 heterocycles. The van der Waals surface area contributed by atoms with Gasteiger partial charge in [-0.15, -0.1) is 0 Å². The Bertz CT molecular complexity index is 3290. The minimum absolute atomic E-state index is 0.0313. The summed E-state index contributed by atoms with van der Waals surface area (Å²) in [6.07, 6.45) is 0. The summed E-state index contributed by atoms with van der Waals surface area (Å²) in [5.74, 6) is 0. The zero-order valence-electron chi connectivity index (χ0n) is 33.7. The molecule has 0 fully saturated rings. The SMILES string of the molecule is CN1c2cccc3c2N2c4c1cccc4N(C)c1ccc4c(c12)B3c1[se]c2c3c1N4c1ccccc1N3c1ccc3c4c1B2c1cccc2c1N4c1c(cccc1N3C)N2C. The molecule has 9 aliphatic heterocycles. The van der Waals surface area contributed by atoms with E-state index in [1.807, 2.05) is 0 Å². The Balaban J connectivity index is 1.02. The third kappa shape index (κ3) is 3.02. The van der Waals surface area contributed by atoms with Crippen molar-refractivity contribution in [3.05, 3.63) is 121 Å². The van der Waals surface area contributed by atoms with Crippen molar-refractivity contribution < 1.29 is 0 Å². The van der Waals surface area contributed by atoms with Gasteiger partial charge in [-0.25, -0.2) is 0 Å². The fourth-order valence-corrected chi connectivity index (χ4v) is 16.4. The number of fused-ring (bicyclic) bond motifs is 9. The van der Waals surface area contributed by atoms with E-state index in [0.717, 1.165) is 0 Å². The van der Waals surface area contributed by atoms with Gasteiger partial charge in [-0.3, -0.25) is 0 Å². The van der Waals surface area contributed by atoms with E-state index in [1.165, 1.54) is 136 Å². The van der Waals surface area contributed by atoms with Gasteiger partial charge in [-0.2, -0.15) is 0 Å². The number of nitrogens with zero attached hydrogens (tertiary/aromatic N) is 8. The van der Waals surface area contributed by atoms with Crippen LogP contribution in [0.25, 0.3) is 0 Å². The van der Waals surface area contributed by atoms with Crippen molar-refractivity contribution in [2.24, 2.45) is 0 Å². The van der Waals surface area contributed by atoms with E-state index >= 15 is 0 Å². The molecular weight excluding hydrogens is 813 g/mol. The van der Waals surface area contributed by atoms with E-state index in [2.05, 4.69) is 189 Å². The molecule has 0 saturated heterocycles. The topological polar surface area (TPSA) is 25.9 Å². The van der Waals surface area contributed by atoms with Gasteiger partial charge in [0, 0.05) is 0 Å². The van der Waals surface area contributed by atoms with Crippen molar-refractivity contribution in [1.82, 2.24) is 0 Å². The van der Waals surface area contributed by atoms with Crippen LogP contribution >= 0.6 is 0 Å². The molecule has 0 unspecified atom stereocenters. The maximum atomic E-state index is 2.69. The average molecular weight is 845 g/mol. The summed E-state index contributed by atoms with van der Waals surface area (Å²) >= 11 is 0.0313. The fourth-order valence-electron chi connectivity index (χ4n) is 13.2. The first-order chi connectivity index (χ1) is 30.0. The first kappa shape index (κ1) is 31.0. The summed E-state index contributed by atoms with van der Waals surface area (Å²) in [7, 11) is 9.04. The molecule has 0 spiro atoms. The molecule has 17 rings (SSSR count). The molecule has 0 atom stereocenters. The van der Waals surface area contributed by atoms with E-state index in [1.54, 1.807) is 8.67 Å². The van der Waals surface area contributed by atoms with Gasteiger partial charge in [0.05, 0.1) is 0 Å². The predicted molar refractivity (Wildman–Crippen MR) is 257 cm³/mol. The molecule has 9 aliphatic rings. The molecule has 0 bridgehead atoms. The quantitative estimate of drug-likeness (QED) is 0.145. The van der Waals surface area contributed by atoms with E-state index in [0.29, 0.717) is 0 Å². The molecule has 0 N–H and O–H groups in total. The van der Waals surface area contributed by atoms with Crippen LogP contribution in [0, 0.1) is 0 Å². The molecule has 11 heteroatoms. The Kier molecular flexibility index (Phi) is 4.91. The van der Waals surface area contributed by atoms with Gasteiger partial charge in [-0.1, -0.05) is 0 Å². The molecule has 8 nitrogen and oxygen atoms in total. The molecule has 1 aromatic heterocycles. The van der Waals surface area contributed by atoms with E-state index in [9.17, 15) is 0 Å². The summed E-state index contributed by atoms with van der Waals surface area (Å²) in [5.41, 5.74) is 31.7. The molecule has 0 aliphatic carbocycles. The number of hydrogen-bond donors (Lipinski definition) is 0. The standard InChI is InChI=1S/C50H32B2N8Se/c1-53-31-15-7-11-25-41(31)59-43-33(53)17-9-19-35(43)55(3)37-23-21-29-39(45(37)59)51(25)49-47-48-50(61-49)52-26-12-8-16-32-42(26)60-44-34(54(32)2)18-10-20-36(44)56(4)38-24-22-30(40(52)46(38)60)58(48)28-14-6-5-13-27(28)57(29)47/h5-24H,1-4H3. The maximum absolute atomic E-state index is 2.69. The third-order valence-electron chi connectivity index (χ3n) is 15.6. The van der Waals surface area contributed by atoms with Crippen molar-refractivity contribution in [3.8, 4) is 0 Å². The summed E-state index contributed by atoms with van der Waals surface area (Å²) in [6.45, 7) is 0.254. The molecule has 0 amide bonds. The van der Waals surface area contributed by atoms with Crippen molar-refractivity contribution in [2.75, 3.05) is 67.4 Å². The second-order valence-electron chi connectivity index (χ2n) is 17.9. The number of rotatable bonds is 0. The monoisotopic (exact) mass is 846 g/mol. The normalized spacial score (nSPS) is 16.5. The van der Waals surface area contributed by atoms with Gasteiger partial charge in [0.25, 0.3) is 0 Å². The molecule has 0 saturated carbocycles. The molecule has 61 heavy (non-hydrogen) atoms. The molecule has 7 aromatic carbocycles. The fraction of sp³-hybridized carbons (Fsp3) is 0.0800. The van der Waals surface area contributed by atoms with Gasteiger partial charge in [-0.05, 0) is 0 Å². The van der Waals surface area contributed by atoms with Crippen LogP contribution < -0.4 is 69.7 Å². The van der Waals surface area contributed by atoms with E-state index < -0.39 is 0 Å². The van der Waals surface area contributed by atoms with Crippen molar-refractivity contribution >= 4 is 172 Å². The zero-order chi connectivity index (χ0) is 39.6. The van der Waals surface area contributed by atoms with Gasteiger partial charge >= 0.3 is 361 Å². The van der Waals surface area contributed by atoms with Crippen LogP contribution in [0.2, 0.25) is 0 Å². The van der Waals surface area contributed by atoms with Gasteiger partial charge in [0.1, 0.15) is 0 Å². The van der Waals surface area contributed by atoms with E-state index in [4.69, 9.17) is 0 Å². The Morgan fingerprint density at radius 2 is 0.623 bits per heavy atom. The Labute approximate surface area is 359 Å². The Hall–Kier alpha value is -6.93. The first-order valence-electron chi connectivity index (χ1n) is 21.3. The predicted octanol–water partition coefficient (Wildman–Crippen LogP) is 7.55. The van der Waals surface area contributed by atoms with Crippen LogP contribution in [0.1, 0.15) is 0 Å². The summed E-state index contributed by atoms with van der Waals surface area (Å²) < 4.78 is 3.16. The summed E-state index contributed by atoms with van der Waals surface area (Å²) in [5, 5.41) is 0. The second-order valence-corrected chi connectivity index (χ2v) is 20.2. The Morgan fingerprint density at radius 3 is 1.03 bits per heavy atom. The van der Waals surface area contributed by atoms with Crippen LogP contribution in [0.5, 0.6) is 0 Å². The van der Waals surface area contributed by atoms with E-state index in [-0.39, 0.29) is 27.9 Å². The number of hydrogen-bond acceptors (Lipinski definition) is 8. The average Bonchev–Trinajstić information content (AvgIpc) is 3.69. The number of anilines is 20. The molecular formula is C50H32B2N8Se. The van der Waals surface area contributed by atoms with Crippen molar-refractivity contribution in [2.45, 2.75) is 0 Å². The van der Waals surface area contributed by atoms with Crippen LogP contribution in [-0.4, -0.2) is 56.1 Å². The van der Waals surface area contributed by atoms with Gasteiger partial charge < -0.3 is 0 Å². The van der Waals surface area contributed by atoms with Gasteiger partial charge in [0.15, 0.2) is 0 Å². The van der Waals surface area contributed by atoms with Crippen LogP contribution in [0.15, 0.2) is 121 Å². The second kappa shape index (κ2) is 9.66. The molecule has 284 valence electrons. The van der Waals surface area contributed by atoms with Crippen LogP contribution in [0.4, 0.5) is 114 Å². The molecule has 8 aromatic rings. The van der Waals surface area contributed by atoms with Gasteiger partial charge in [0.2, 0.25) is 0 Å². The zero-order valence-corrected chi connectivity index (χ0v) is 35.4.